The molecular weight excluding hydrogens is 414 g/mol. The van der Waals surface area contributed by atoms with Crippen LogP contribution in [-0.4, -0.2) is 42.4 Å². The van der Waals surface area contributed by atoms with E-state index < -0.39 is 24.0 Å². The number of esters is 1. The molecule has 1 aliphatic carbocycles. The summed E-state index contributed by atoms with van der Waals surface area (Å²) in [4.78, 5) is 51.4. The molecule has 2 N–H and O–H groups in total. The second-order valence-corrected chi connectivity index (χ2v) is 7.94. The number of benzene rings is 1. The van der Waals surface area contributed by atoms with Gasteiger partial charge in [-0.25, -0.2) is 0 Å². The van der Waals surface area contributed by atoms with E-state index in [1.165, 1.54) is 11.2 Å². The van der Waals surface area contributed by atoms with Gasteiger partial charge < -0.3 is 19.8 Å². The number of para-hydroxylation sites is 2. The third kappa shape index (κ3) is 4.23. The van der Waals surface area contributed by atoms with Gasteiger partial charge in [0, 0.05) is 13.0 Å². The standard InChI is InChI=1S/C23H25N3O6/c27-19(15-32-20(28)10-5-13-24-21(29)18-9-6-14-31-18)26-17-8-2-1-7-16(17)25-22(30)23(26)11-3-4-12-23/h1-2,6-9,14H,3-5,10-13,15H2,(H,24,29)(H,25,30). The van der Waals surface area contributed by atoms with Crippen LogP contribution in [0.4, 0.5) is 11.4 Å². The maximum atomic E-state index is 13.1. The Morgan fingerprint density at radius 1 is 1.12 bits per heavy atom. The van der Waals surface area contributed by atoms with Gasteiger partial charge >= 0.3 is 5.97 Å². The highest BCUT2D eigenvalue weighted by Crippen LogP contribution is 2.45. The van der Waals surface area contributed by atoms with Crippen LogP contribution in [0.15, 0.2) is 47.1 Å². The van der Waals surface area contributed by atoms with Crippen molar-refractivity contribution >= 4 is 35.1 Å². The third-order valence-corrected chi connectivity index (χ3v) is 5.87. The Kier molecular flexibility index (Phi) is 6.25. The Bertz CT molecular complexity index is 1010. The minimum Gasteiger partial charge on any atom is -0.459 e. The molecule has 1 spiro atoms. The molecule has 1 fully saturated rings. The zero-order valence-electron chi connectivity index (χ0n) is 17.6. The quantitative estimate of drug-likeness (QED) is 0.506. The minimum atomic E-state index is -0.937. The molecule has 9 heteroatoms. The van der Waals surface area contributed by atoms with Gasteiger partial charge in [-0.15, -0.1) is 0 Å². The van der Waals surface area contributed by atoms with Crippen LogP contribution in [0.25, 0.3) is 0 Å². The highest BCUT2D eigenvalue weighted by Gasteiger charge is 2.52. The summed E-state index contributed by atoms with van der Waals surface area (Å²) in [6.45, 7) is -0.174. The summed E-state index contributed by atoms with van der Waals surface area (Å²) < 4.78 is 10.2. The van der Waals surface area contributed by atoms with Crippen LogP contribution in [0.1, 0.15) is 49.1 Å². The number of hydrogen-bond donors (Lipinski definition) is 2. The first-order valence-electron chi connectivity index (χ1n) is 10.7. The van der Waals surface area contributed by atoms with E-state index in [0.717, 1.165) is 12.8 Å². The fourth-order valence-corrected chi connectivity index (χ4v) is 4.34. The number of amides is 3. The van der Waals surface area contributed by atoms with Gasteiger partial charge in [0.25, 0.3) is 17.7 Å². The number of fused-ring (bicyclic) bond motifs is 1. The maximum absolute atomic E-state index is 13.1. The zero-order valence-corrected chi connectivity index (χ0v) is 17.6. The second-order valence-electron chi connectivity index (χ2n) is 7.94. The van der Waals surface area contributed by atoms with E-state index in [1.807, 2.05) is 6.07 Å². The molecule has 2 aliphatic rings. The SMILES string of the molecule is O=C(CCCNC(=O)c1ccco1)OCC(=O)N1c2ccccc2NC(=O)C12CCCC2. The Morgan fingerprint density at radius 3 is 2.66 bits per heavy atom. The van der Waals surface area contributed by atoms with E-state index >= 15 is 0 Å². The van der Waals surface area contributed by atoms with Crippen LogP contribution in [0.5, 0.6) is 0 Å². The van der Waals surface area contributed by atoms with Crippen molar-refractivity contribution in [3.05, 3.63) is 48.4 Å². The maximum Gasteiger partial charge on any atom is 0.306 e. The lowest BCUT2D eigenvalue weighted by Gasteiger charge is -2.44. The van der Waals surface area contributed by atoms with Crippen molar-refractivity contribution < 1.29 is 28.3 Å². The van der Waals surface area contributed by atoms with E-state index in [2.05, 4.69) is 10.6 Å². The predicted octanol–water partition coefficient (Wildman–Crippen LogP) is 2.63. The van der Waals surface area contributed by atoms with Gasteiger partial charge in [-0.05, 0) is 43.5 Å². The number of hydrogen-bond acceptors (Lipinski definition) is 6. The lowest BCUT2D eigenvalue weighted by molar-refractivity contribution is -0.148. The van der Waals surface area contributed by atoms with Crippen molar-refractivity contribution in [1.29, 1.82) is 0 Å². The molecule has 0 radical (unpaired) electrons. The Labute approximate surface area is 185 Å². The molecule has 0 saturated heterocycles. The van der Waals surface area contributed by atoms with E-state index in [1.54, 1.807) is 30.3 Å². The molecule has 9 nitrogen and oxygen atoms in total. The van der Waals surface area contributed by atoms with Crippen molar-refractivity contribution in [3.8, 4) is 0 Å². The van der Waals surface area contributed by atoms with Crippen LogP contribution in [-0.2, 0) is 19.1 Å². The molecular formula is C23H25N3O6. The molecule has 0 unspecified atom stereocenters. The Balaban J connectivity index is 1.32. The van der Waals surface area contributed by atoms with Gasteiger partial charge in [0.2, 0.25) is 0 Å². The number of nitrogens with zero attached hydrogens (tertiary/aromatic N) is 1. The van der Waals surface area contributed by atoms with Crippen molar-refractivity contribution in [3.63, 3.8) is 0 Å². The smallest absolute Gasteiger partial charge is 0.306 e. The van der Waals surface area contributed by atoms with Crippen molar-refractivity contribution in [1.82, 2.24) is 5.32 Å². The topological polar surface area (TPSA) is 118 Å². The van der Waals surface area contributed by atoms with Crippen LogP contribution >= 0.6 is 0 Å². The highest BCUT2D eigenvalue weighted by molar-refractivity contribution is 6.15. The van der Waals surface area contributed by atoms with Gasteiger partial charge in [-0.2, -0.15) is 0 Å². The van der Waals surface area contributed by atoms with Gasteiger partial charge in [0.05, 0.1) is 17.6 Å². The van der Waals surface area contributed by atoms with Gasteiger partial charge in [0.15, 0.2) is 12.4 Å². The van der Waals surface area contributed by atoms with E-state index in [4.69, 9.17) is 9.15 Å². The molecule has 168 valence electrons. The molecule has 32 heavy (non-hydrogen) atoms. The van der Waals surface area contributed by atoms with E-state index in [-0.39, 0.29) is 30.5 Å². The number of anilines is 2. The molecule has 1 aliphatic heterocycles. The Hall–Kier alpha value is -3.62. The average molecular weight is 439 g/mol. The van der Waals surface area contributed by atoms with Crippen LogP contribution < -0.4 is 15.5 Å². The molecule has 4 rings (SSSR count). The second kappa shape index (κ2) is 9.25. The van der Waals surface area contributed by atoms with Crippen LogP contribution in [0, 0.1) is 0 Å². The summed E-state index contributed by atoms with van der Waals surface area (Å²) in [5, 5.41) is 5.56. The first kappa shape index (κ1) is 21.6. The summed E-state index contributed by atoms with van der Waals surface area (Å²) in [5.41, 5.74) is 0.256. The predicted molar refractivity (Wildman–Crippen MR) is 115 cm³/mol. The lowest BCUT2D eigenvalue weighted by atomic mass is 9.90. The van der Waals surface area contributed by atoms with Crippen LogP contribution in [0.3, 0.4) is 0 Å². The monoisotopic (exact) mass is 439 g/mol. The number of carbonyl (C=O) groups excluding carboxylic acids is 4. The third-order valence-electron chi connectivity index (χ3n) is 5.87. The Morgan fingerprint density at radius 2 is 1.91 bits per heavy atom. The molecule has 1 saturated carbocycles. The molecule has 1 aromatic carbocycles. The molecule has 0 bridgehead atoms. The summed E-state index contributed by atoms with van der Waals surface area (Å²) >= 11 is 0. The normalized spacial score (nSPS) is 16.4. The summed E-state index contributed by atoms with van der Waals surface area (Å²) in [6.07, 6.45) is 4.66. The number of rotatable bonds is 7. The molecule has 2 aromatic rings. The highest BCUT2D eigenvalue weighted by atomic mass is 16.5. The minimum absolute atomic E-state index is 0.0495. The summed E-state index contributed by atoms with van der Waals surface area (Å²) in [6, 6.07) is 10.3. The van der Waals surface area contributed by atoms with Crippen molar-refractivity contribution in [2.45, 2.75) is 44.1 Å². The summed E-state index contributed by atoms with van der Waals surface area (Å²) in [7, 11) is 0. The van der Waals surface area contributed by atoms with E-state index in [0.29, 0.717) is 30.6 Å². The average Bonchev–Trinajstić information content (AvgIpc) is 3.49. The lowest BCUT2D eigenvalue weighted by Crippen LogP contribution is -2.61. The largest absolute Gasteiger partial charge is 0.459 e. The van der Waals surface area contributed by atoms with Gasteiger partial charge in [-0.3, -0.25) is 24.1 Å². The molecule has 2 heterocycles. The van der Waals surface area contributed by atoms with E-state index in [9.17, 15) is 19.2 Å². The fourth-order valence-electron chi connectivity index (χ4n) is 4.34. The number of nitrogens with one attached hydrogen (secondary N) is 2. The van der Waals surface area contributed by atoms with Gasteiger partial charge in [-0.1, -0.05) is 25.0 Å². The summed E-state index contributed by atoms with van der Waals surface area (Å²) in [5.74, 6) is -1.32. The molecule has 0 atom stereocenters. The fraction of sp³-hybridized carbons (Fsp3) is 0.391. The zero-order chi connectivity index (χ0) is 22.6. The number of ether oxygens (including phenoxy) is 1. The first-order chi connectivity index (χ1) is 15.5. The first-order valence-corrected chi connectivity index (χ1v) is 10.7. The van der Waals surface area contributed by atoms with Gasteiger partial charge in [0.1, 0.15) is 5.54 Å². The number of carbonyl (C=O) groups is 4. The molecule has 1 aromatic heterocycles. The van der Waals surface area contributed by atoms with Crippen molar-refractivity contribution in [2.24, 2.45) is 0 Å². The molecule has 3 amide bonds. The number of furan rings is 1. The van der Waals surface area contributed by atoms with Crippen molar-refractivity contribution in [2.75, 3.05) is 23.4 Å². The van der Waals surface area contributed by atoms with Crippen LogP contribution in [0.2, 0.25) is 0 Å².